The van der Waals surface area contributed by atoms with E-state index in [0.717, 1.165) is 24.0 Å². The predicted molar refractivity (Wildman–Crippen MR) is 102 cm³/mol. The molecule has 7 heteroatoms. The first kappa shape index (κ1) is 18.3. The van der Waals surface area contributed by atoms with Crippen LogP contribution in [0.25, 0.3) is 11.1 Å². The number of nitrogens with zero attached hydrogens (tertiary/aromatic N) is 1. The smallest absolute Gasteiger partial charge is 0.408 e. The highest BCUT2D eigenvalue weighted by molar-refractivity contribution is 7.92. The topological polar surface area (TPSA) is 81.3 Å². The van der Waals surface area contributed by atoms with E-state index in [0.29, 0.717) is 17.7 Å². The second kappa shape index (κ2) is 6.99. The number of anilines is 1. The molecule has 26 heavy (non-hydrogen) atoms. The standard InChI is InChI=1S/C19H22N2O4S/c1-4-13-8-7-9-14(5-2)18(13)20-26(23,24)15-10-11-16-17(12-15)25-19(22)21(16)6-3/h7-12,20H,4-6H2,1-3H3. The van der Waals surface area contributed by atoms with Crippen LogP contribution in [0.1, 0.15) is 31.9 Å². The third kappa shape index (κ3) is 3.14. The van der Waals surface area contributed by atoms with Gasteiger partial charge in [-0.3, -0.25) is 9.29 Å². The van der Waals surface area contributed by atoms with Gasteiger partial charge < -0.3 is 4.42 Å². The summed E-state index contributed by atoms with van der Waals surface area (Å²) < 4.78 is 35.2. The number of hydrogen-bond donors (Lipinski definition) is 1. The third-order valence-corrected chi connectivity index (χ3v) is 5.85. The number of hydrogen-bond acceptors (Lipinski definition) is 4. The summed E-state index contributed by atoms with van der Waals surface area (Å²) in [5, 5.41) is 0. The first-order chi connectivity index (χ1) is 12.4. The number of nitrogens with one attached hydrogen (secondary N) is 1. The van der Waals surface area contributed by atoms with Gasteiger partial charge in [0.15, 0.2) is 5.58 Å². The van der Waals surface area contributed by atoms with E-state index in [9.17, 15) is 13.2 Å². The Morgan fingerprint density at radius 2 is 1.69 bits per heavy atom. The molecule has 3 rings (SSSR count). The first-order valence-corrected chi connectivity index (χ1v) is 10.2. The zero-order chi connectivity index (χ0) is 18.9. The Bertz CT molecular complexity index is 1090. The molecule has 6 nitrogen and oxygen atoms in total. The van der Waals surface area contributed by atoms with Crippen LogP contribution in [-0.4, -0.2) is 13.0 Å². The van der Waals surface area contributed by atoms with Crippen LogP contribution in [0.3, 0.4) is 0 Å². The van der Waals surface area contributed by atoms with Gasteiger partial charge in [0.2, 0.25) is 0 Å². The van der Waals surface area contributed by atoms with Gasteiger partial charge in [-0.2, -0.15) is 0 Å². The number of aryl methyl sites for hydroxylation is 3. The maximum atomic E-state index is 12.9. The fourth-order valence-electron chi connectivity index (χ4n) is 3.08. The number of sulfonamides is 1. The van der Waals surface area contributed by atoms with Crippen molar-refractivity contribution < 1.29 is 12.8 Å². The number of para-hydroxylation sites is 1. The van der Waals surface area contributed by atoms with Gasteiger partial charge in [-0.15, -0.1) is 0 Å². The number of benzene rings is 2. The Morgan fingerprint density at radius 1 is 1.04 bits per heavy atom. The van der Waals surface area contributed by atoms with Crippen molar-refractivity contribution >= 4 is 26.8 Å². The second-order valence-corrected chi connectivity index (χ2v) is 7.69. The zero-order valence-electron chi connectivity index (χ0n) is 15.1. The van der Waals surface area contributed by atoms with Crippen molar-refractivity contribution in [2.24, 2.45) is 0 Å². The Hall–Kier alpha value is -2.54. The molecule has 0 fully saturated rings. The number of fused-ring (bicyclic) bond motifs is 1. The summed E-state index contributed by atoms with van der Waals surface area (Å²) in [6, 6.07) is 10.3. The molecule has 0 atom stereocenters. The Balaban J connectivity index is 2.07. The molecule has 0 aliphatic carbocycles. The van der Waals surface area contributed by atoms with Crippen LogP contribution in [0.15, 0.2) is 50.5 Å². The van der Waals surface area contributed by atoms with Gasteiger partial charge in [0.1, 0.15) is 0 Å². The molecule has 0 aliphatic heterocycles. The molecule has 3 aromatic rings. The average molecular weight is 374 g/mol. The summed E-state index contributed by atoms with van der Waals surface area (Å²) in [6.07, 6.45) is 1.44. The number of rotatable bonds is 6. The SMILES string of the molecule is CCc1cccc(CC)c1NS(=O)(=O)c1ccc2c(c1)oc(=O)n2CC. The third-order valence-electron chi connectivity index (χ3n) is 4.50. The normalized spacial score (nSPS) is 11.8. The molecule has 0 amide bonds. The largest absolute Gasteiger partial charge is 0.419 e. The van der Waals surface area contributed by atoms with Gasteiger partial charge in [0, 0.05) is 12.6 Å². The van der Waals surface area contributed by atoms with E-state index in [4.69, 9.17) is 4.42 Å². The molecule has 1 heterocycles. The minimum Gasteiger partial charge on any atom is -0.408 e. The lowest BCUT2D eigenvalue weighted by molar-refractivity contribution is 0.512. The van der Waals surface area contributed by atoms with Gasteiger partial charge in [-0.1, -0.05) is 32.0 Å². The molecule has 1 N–H and O–H groups in total. The molecule has 0 radical (unpaired) electrons. The van der Waals surface area contributed by atoms with Crippen molar-refractivity contribution in [2.45, 2.75) is 45.1 Å². The van der Waals surface area contributed by atoms with Crippen molar-refractivity contribution in [3.05, 3.63) is 58.1 Å². The molecule has 0 saturated heterocycles. The van der Waals surface area contributed by atoms with Crippen LogP contribution >= 0.6 is 0 Å². The number of oxazole rings is 1. The van der Waals surface area contributed by atoms with Gasteiger partial charge in [0.05, 0.1) is 16.1 Å². The lowest BCUT2D eigenvalue weighted by Gasteiger charge is -2.15. The Kier molecular flexibility index (Phi) is 4.91. The molecule has 2 aromatic carbocycles. The van der Waals surface area contributed by atoms with Gasteiger partial charge in [-0.05, 0) is 43.0 Å². The van der Waals surface area contributed by atoms with Crippen LogP contribution in [0.2, 0.25) is 0 Å². The molecular formula is C19H22N2O4S. The van der Waals surface area contributed by atoms with E-state index in [2.05, 4.69) is 4.72 Å². The fourth-order valence-corrected chi connectivity index (χ4v) is 4.24. The summed E-state index contributed by atoms with van der Waals surface area (Å²) in [4.78, 5) is 11.9. The second-order valence-electron chi connectivity index (χ2n) is 6.01. The van der Waals surface area contributed by atoms with E-state index >= 15 is 0 Å². The summed E-state index contributed by atoms with van der Waals surface area (Å²) in [7, 11) is -3.80. The summed E-state index contributed by atoms with van der Waals surface area (Å²) >= 11 is 0. The van der Waals surface area contributed by atoms with Crippen molar-refractivity contribution in [3.63, 3.8) is 0 Å². The van der Waals surface area contributed by atoms with E-state index in [1.807, 2.05) is 39.0 Å². The summed E-state index contributed by atoms with van der Waals surface area (Å²) in [6.45, 7) is 6.26. The summed E-state index contributed by atoms with van der Waals surface area (Å²) in [5.41, 5.74) is 3.36. The molecule has 0 spiro atoms. The zero-order valence-corrected chi connectivity index (χ0v) is 15.9. The van der Waals surface area contributed by atoms with E-state index in [1.165, 1.54) is 16.7 Å². The van der Waals surface area contributed by atoms with E-state index < -0.39 is 15.8 Å². The first-order valence-electron chi connectivity index (χ1n) is 8.68. The highest BCUT2D eigenvalue weighted by atomic mass is 32.2. The minimum atomic E-state index is -3.80. The van der Waals surface area contributed by atoms with Crippen LogP contribution in [0.5, 0.6) is 0 Å². The molecule has 138 valence electrons. The fraction of sp³-hybridized carbons (Fsp3) is 0.316. The van der Waals surface area contributed by atoms with Crippen molar-refractivity contribution in [1.82, 2.24) is 4.57 Å². The van der Waals surface area contributed by atoms with E-state index in [-0.39, 0.29) is 10.5 Å². The average Bonchev–Trinajstić information content (AvgIpc) is 2.95. The van der Waals surface area contributed by atoms with Crippen LogP contribution in [0, 0.1) is 0 Å². The quantitative estimate of drug-likeness (QED) is 0.715. The van der Waals surface area contributed by atoms with Crippen LogP contribution in [0.4, 0.5) is 5.69 Å². The Morgan fingerprint density at radius 3 is 2.27 bits per heavy atom. The highest BCUT2D eigenvalue weighted by Gasteiger charge is 2.20. The molecule has 0 aliphatic rings. The van der Waals surface area contributed by atoms with Crippen molar-refractivity contribution in [3.8, 4) is 0 Å². The maximum absolute atomic E-state index is 12.9. The molecule has 0 unspecified atom stereocenters. The predicted octanol–water partition coefficient (Wildman–Crippen LogP) is 3.54. The lowest BCUT2D eigenvalue weighted by Crippen LogP contribution is -2.15. The van der Waals surface area contributed by atoms with Crippen molar-refractivity contribution in [2.75, 3.05) is 4.72 Å². The maximum Gasteiger partial charge on any atom is 0.419 e. The molecular weight excluding hydrogens is 352 g/mol. The van der Waals surface area contributed by atoms with Gasteiger partial charge in [-0.25, -0.2) is 13.2 Å². The van der Waals surface area contributed by atoms with Crippen molar-refractivity contribution in [1.29, 1.82) is 0 Å². The van der Waals surface area contributed by atoms with E-state index in [1.54, 1.807) is 6.07 Å². The monoisotopic (exact) mass is 374 g/mol. The van der Waals surface area contributed by atoms with Gasteiger partial charge >= 0.3 is 5.76 Å². The molecule has 1 aromatic heterocycles. The lowest BCUT2D eigenvalue weighted by atomic mass is 10.0. The van der Waals surface area contributed by atoms with Crippen LogP contribution < -0.4 is 10.5 Å². The summed E-state index contributed by atoms with van der Waals surface area (Å²) in [5.74, 6) is -0.491. The highest BCUT2D eigenvalue weighted by Crippen LogP contribution is 2.27. The minimum absolute atomic E-state index is 0.0648. The number of aromatic nitrogens is 1. The van der Waals surface area contributed by atoms with Crippen LogP contribution in [-0.2, 0) is 29.4 Å². The molecule has 0 saturated carbocycles. The van der Waals surface area contributed by atoms with Gasteiger partial charge in [0.25, 0.3) is 10.0 Å². The Labute approximate surface area is 152 Å². The molecule has 0 bridgehead atoms.